The number of benzene rings is 3. The van der Waals surface area contributed by atoms with Crippen LogP contribution in [0.4, 0.5) is 0 Å². The fourth-order valence-electron chi connectivity index (χ4n) is 3.61. The molecule has 0 amide bonds. The second-order valence-corrected chi connectivity index (χ2v) is 7.77. The van der Waals surface area contributed by atoms with Crippen molar-refractivity contribution in [2.45, 2.75) is 12.8 Å². The summed E-state index contributed by atoms with van der Waals surface area (Å²) in [4.78, 5) is 54.9. The van der Waals surface area contributed by atoms with Crippen molar-refractivity contribution in [2.75, 3.05) is 7.11 Å². The molecule has 0 saturated carbocycles. The summed E-state index contributed by atoms with van der Waals surface area (Å²) in [5.41, 5.74) is 0.178. The van der Waals surface area contributed by atoms with Crippen molar-refractivity contribution >= 4 is 28.8 Å². The normalized spacial score (nSPS) is 10.6. The lowest BCUT2D eigenvalue weighted by Crippen LogP contribution is -2.22. The summed E-state index contributed by atoms with van der Waals surface area (Å²) < 4.78 is 12.1. The number of hydrogen-bond donors (Lipinski definition) is 1. The first-order chi connectivity index (χ1) is 17.4. The van der Waals surface area contributed by atoms with Gasteiger partial charge in [0.1, 0.15) is 12.7 Å². The van der Waals surface area contributed by atoms with Gasteiger partial charge >= 0.3 is 17.9 Å². The topological polar surface area (TPSA) is 121 Å². The minimum absolute atomic E-state index is 0.0503. The SMILES string of the molecule is COn1cc(C(=O)O)c(=O)c2cc(OC(=O)Cc3ccccc3)c(OC(=O)Cc3ccccc3)cc21. The molecule has 4 aromatic rings. The molecule has 0 radical (unpaired) electrons. The number of ether oxygens (including phenoxy) is 2. The highest BCUT2D eigenvalue weighted by molar-refractivity contribution is 5.94. The van der Waals surface area contributed by atoms with Crippen molar-refractivity contribution in [1.29, 1.82) is 0 Å². The average molecular weight is 487 g/mol. The van der Waals surface area contributed by atoms with Gasteiger partial charge in [-0.3, -0.25) is 14.4 Å². The Bertz CT molecular complexity index is 1490. The van der Waals surface area contributed by atoms with E-state index in [0.717, 1.165) is 10.9 Å². The summed E-state index contributed by atoms with van der Waals surface area (Å²) >= 11 is 0. The smallest absolute Gasteiger partial charge is 0.341 e. The Kier molecular flexibility index (Phi) is 7.10. The Morgan fingerprint density at radius 3 is 1.78 bits per heavy atom. The maximum atomic E-state index is 12.8. The van der Waals surface area contributed by atoms with E-state index in [2.05, 4.69) is 0 Å². The number of nitrogens with zero attached hydrogens (tertiary/aromatic N) is 1. The van der Waals surface area contributed by atoms with Crippen LogP contribution in [0.25, 0.3) is 10.9 Å². The predicted octanol–water partition coefficient (Wildman–Crippen LogP) is 3.05. The molecular formula is C27H21NO8. The van der Waals surface area contributed by atoms with E-state index in [9.17, 15) is 24.3 Å². The maximum Gasteiger partial charge on any atom is 0.341 e. The summed E-state index contributed by atoms with van der Waals surface area (Å²) in [5.74, 6) is -3.07. The zero-order chi connectivity index (χ0) is 25.7. The zero-order valence-electron chi connectivity index (χ0n) is 19.2. The molecule has 1 aromatic heterocycles. The average Bonchev–Trinajstić information content (AvgIpc) is 2.86. The van der Waals surface area contributed by atoms with Gasteiger partial charge < -0.3 is 19.4 Å². The monoisotopic (exact) mass is 487 g/mol. The Balaban J connectivity index is 1.76. The van der Waals surface area contributed by atoms with Crippen molar-refractivity contribution in [2.24, 2.45) is 0 Å². The first-order valence-corrected chi connectivity index (χ1v) is 10.9. The van der Waals surface area contributed by atoms with Crippen molar-refractivity contribution in [3.8, 4) is 11.5 Å². The Hall–Kier alpha value is -4.92. The zero-order valence-corrected chi connectivity index (χ0v) is 19.2. The van der Waals surface area contributed by atoms with E-state index < -0.39 is 28.9 Å². The Labute approximate surface area is 205 Å². The molecule has 9 nitrogen and oxygen atoms in total. The minimum atomic E-state index is -1.45. The molecule has 1 N–H and O–H groups in total. The van der Waals surface area contributed by atoms with Crippen LogP contribution in [0.1, 0.15) is 21.5 Å². The molecule has 0 aliphatic carbocycles. The molecule has 1 heterocycles. The standard InChI is InChI=1S/C27H21NO8/c1-34-28-16-20(27(32)33)26(31)19-14-22(35-24(29)12-17-8-4-2-5-9-17)23(15-21(19)28)36-25(30)13-18-10-6-3-7-11-18/h2-11,14-16H,12-13H2,1H3,(H,32,33). The highest BCUT2D eigenvalue weighted by Gasteiger charge is 2.21. The van der Waals surface area contributed by atoms with Crippen LogP contribution >= 0.6 is 0 Å². The Morgan fingerprint density at radius 2 is 1.31 bits per heavy atom. The molecule has 0 aliphatic rings. The lowest BCUT2D eigenvalue weighted by Gasteiger charge is -2.15. The molecule has 0 spiro atoms. The number of aromatic nitrogens is 1. The van der Waals surface area contributed by atoms with E-state index in [1.54, 1.807) is 48.5 Å². The number of carboxylic acids is 1. The van der Waals surface area contributed by atoms with E-state index in [0.29, 0.717) is 11.1 Å². The molecule has 0 bridgehead atoms. The van der Waals surface area contributed by atoms with Crippen LogP contribution in [0, 0.1) is 0 Å². The first-order valence-electron chi connectivity index (χ1n) is 10.9. The third kappa shape index (κ3) is 5.41. The molecule has 4 rings (SSSR count). The van der Waals surface area contributed by atoms with E-state index >= 15 is 0 Å². The largest absolute Gasteiger partial charge is 0.477 e. The molecule has 9 heteroatoms. The number of rotatable bonds is 8. The van der Waals surface area contributed by atoms with Crippen molar-refractivity contribution < 1.29 is 33.8 Å². The van der Waals surface area contributed by atoms with Gasteiger partial charge in [-0.15, -0.1) is 0 Å². The molecular weight excluding hydrogens is 466 g/mol. The predicted molar refractivity (Wildman–Crippen MR) is 129 cm³/mol. The minimum Gasteiger partial charge on any atom is -0.477 e. The van der Waals surface area contributed by atoms with E-state index in [1.165, 1.54) is 19.2 Å². The molecule has 0 atom stereocenters. The quantitative estimate of drug-likeness (QED) is 0.297. The van der Waals surface area contributed by atoms with Crippen LogP contribution in [-0.2, 0) is 22.4 Å². The Morgan fingerprint density at radius 1 is 0.806 bits per heavy atom. The number of hydrogen-bond acceptors (Lipinski definition) is 7. The summed E-state index contributed by atoms with van der Waals surface area (Å²) in [7, 11) is 1.28. The van der Waals surface area contributed by atoms with Gasteiger partial charge in [-0.05, 0) is 17.2 Å². The maximum absolute atomic E-state index is 12.8. The lowest BCUT2D eigenvalue weighted by atomic mass is 10.1. The van der Waals surface area contributed by atoms with Crippen LogP contribution in [0.2, 0.25) is 0 Å². The van der Waals surface area contributed by atoms with E-state index in [1.807, 2.05) is 12.1 Å². The van der Waals surface area contributed by atoms with Crippen LogP contribution < -0.4 is 19.7 Å². The van der Waals surface area contributed by atoms with Crippen molar-refractivity contribution in [3.05, 3.63) is 106 Å². The third-order valence-electron chi connectivity index (χ3n) is 5.29. The molecule has 182 valence electrons. The van der Waals surface area contributed by atoms with Gasteiger partial charge in [-0.1, -0.05) is 60.7 Å². The molecule has 0 fully saturated rings. The van der Waals surface area contributed by atoms with Crippen molar-refractivity contribution in [1.82, 2.24) is 4.73 Å². The number of pyridine rings is 1. The van der Waals surface area contributed by atoms with Gasteiger partial charge in [0.25, 0.3) is 0 Å². The highest BCUT2D eigenvalue weighted by Crippen LogP contribution is 2.32. The fraction of sp³-hybridized carbons (Fsp3) is 0.111. The summed E-state index contributed by atoms with van der Waals surface area (Å²) in [6, 6.07) is 20.2. The van der Waals surface area contributed by atoms with Gasteiger partial charge in [0.05, 0.1) is 29.9 Å². The van der Waals surface area contributed by atoms with Gasteiger partial charge in [-0.2, -0.15) is 4.73 Å². The second kappa shape index (κ2) is 10.6. The van der Waals surface area contributed by atoms with Gasteiger partial charge in [0.15, 0.2) is 11.5 Å². The molecule has 0 saturated heterocycles. The highest BCUT2D eigenvalue weighted by atomic mass is 16.6. The number of esters is 2. The number of carbonyl (C=O) groups is 3. The lowest BCUT2D eigenvalue weighted by molar-refractivity contribution is -0.136. The molecule has 36 heavy (non-hydrogen) atoms. The first kappa shape index (κ1) is 24.2. The van der Waals surface area contributed by atoms with Crippen molar-refractivity contribution in [3.63, 3.8) is 0 Å². The van der Waals surface area contributed by atoms with Gasteiger partial charge in [-0.25, -0.2) is 4.79 Å². The number of carbonyl (C=O) groups excluding carboxylic acids is 2. The number of fused-ring (bicyclic) bond motifs is 1. The number of aromatic carboxylic acids is 1. The van der Waals surface area contributed by atoms with Gasteiger partial charge in [0.2, 0.25) is 5.43 Å². The van der Waals surface area contributed by atoms with E-state index in [4.69, 9.17) is 14.3 Å². The second-order valence-electron chi connectivity index (χ2n) is 7.77. The summed E-state index contributed by atoms with van der Waals surface area (Å²) in [5, 5.41) is 9.32. The fourth-order valence-corrected chi connectivity index (χ4v) is 3.61. The van der Waals surface area contributed by atoms with Crippen LogP contribution in [0.15, 0.2) is 83.8 Å². The summed E-state index contributed by atoms with van der Waals surface area (Å²) in [6.07, 6.45) is 0.892. The van der Waals surface area contributed by atoms with Crippen LogP contribution in [-0.4, -0.2) is 34.9 Å². The van der Waals surface area contributed by atoms with Crippen LogP contribution in [0.3, 0.4) is 0 Å². The number of carboxylic acid groups (broad SMARTS) is 1. The molecule has 0 aliphatic heterocycles. The molecule has 3 aromatic carbocycles. The molecule has 0 unspecified atom stereocenters. The van der Waals surface area contributed by atoms with Crippen LogP contribution in [0.5, 0.6) is 11.5 Å². The van der Waals surface area contributed by atoms with E-state index in [-0.39, 0.29) is 35.2 Å². The summed E-state index contributed by atoms with van der Waals surface area (Å²) in [6.45, 7) is 0. The van der Waals surface area contributed by atoms with Gasteiger partial charge in [0, 0.05) is 6.07 Å². The third-order valence-corrected chi connectivity index (χ3v) is 5.29.